The molecule has 5 heteroatoms. The minimum Gasteiger partial charge on any atom is -0.244 e. The molecule has 0 aromatic heterocycles. The highest BCUT2D eigenvalue weighted by Gasteiger charge is 2.56. The molecule has 0 spiro atoms. The summed E-state index contributed by atoms with van der Waals surface area (Å²) in [7, 11) is 1.54. The van der Waals surface area contributed by atoms with Gasteiger partial charge in [0.05, 0.1) is 4.90 Å². The molecule has 1 aliphatic rings. The van der Waals surface area contributed by atoms with Gasteiger partial charge in [-0.15, -0.1) is 0 Å². The first-order valence-corrected chi connectivity index (χ1v) is 7.72. The number of hydrogen-bond donors (Lipinski definition) is 0. The van der Waals surface area contributed by atoms with Crippen LogP contribution in [0.4, 0.5) is 4.39 Å². The van der Waals surface area contributed by atoms with Gasteiger partial charge in [-0.3, -0.25) is 0 Å². The van der Waals surface area contributed by atoms with Gasteiger partial charge in [0.1, 0.15) is 5.67 Å². The standard InChI is InChI=1S/C12H14ClFO2S/c1-11(2,14)12(6-7-12)9-4-3-5-10(8-9)17(13,15)16/h3-5,8H,6-7H2,1-2H3. The maximum Gasteiger partial charge on any atom is 0.261 e. The van der Waals surface area contributed by atoms with Crippen molar-refractivity contribution in [2.45, 2.75) is 42.7 Å². The van der Waals surface area contributed by atoms with Crippen molar-refractivity contribution in [1.29, 1.82) is 0 Å². The molecule has 1 aromatic rings. The molecule has 2 rings (SSSR count). The Balaban J connectivity index is 2.49. The van der Waals surface area contributed by atoms with Gasteiger partial charge in [-0.2, -0.15) is 0 Å². The summed E-state index contributed by atoms with van der Waals surface area (Å²) in [6, 6.07) is 6.28. The first-order valence-electron chi connectivity index (χ1n) is 5.41. The van der Waals surface area contributed by atoms with E-state index in [1.807, 2.05) is 0 Å². The van der Waals surface area contributed by atoms with E-state index in [1.54, 1.807) is 12.1 Å². The number of rotatable bonds is 3. The van der Waals surface area contributed by atoms with E-state index in [9.17, 15) is 12.8 Å². The zero-order valence-corrected chi connectivity index (χ0v) is 11.3. The van der Waals surface area contributed by atoms with E-state index in [2.05, 4.69) is 0 Å². The molecule has 1 aliphatic carbocycles. The lowest BCUT2D eigenvalue weighted by atomic mass is 9.83. The fraction of sp³-hybridized carbons (Fsp3) is 0.500. The van der Waals surface area contributed by atoms with Gasteiger partial charge in [-0.25, -0.2) is 12.8 Å². The van der Waals surface area contributed by atoms with Gasteiger partial charge < -0.3 is 0 Å². The molecule has 0 aliphatic heterocycles. The summed E-state index contributed by atoms with van der Waals surface area (Å²) in [5, 5.41) is 0. The second kappa shape index (κ2) is 3.69. The summed E-state index contributed by atoms with van der Waals surface area (Å²) in [5.74, 6) is 0. The first-order chi connectivity index (χ1) is 7.67. The van der Waals surface area contributed by atoms with Crippen LogP contribution in [0.5, 0.6) is 0 Å². The Morgan fingerprint density at radius 2 is 1.94 bits per heavy atom. The second-order valence-corrected chi connectivity index (χ2v) is 7.59. The predicted molar refractivity (Wildman–Crippen MR) is 65.6 cm³/mol. The molecular weight excluding hydrogens is 263 g/mol. The lowest BCUT2D eigenvalue weighted by Gasteiger charge is -2.27. The number of benzene rings is 1. The SMILES string of the molecule is CC(C)(F)C1(c2cccc(S(=O)(=O)Cl)c2)CC1. The first kappa shape index (κ1) is 12.8. The number of halogens is 2. The zero-order chi connectivity index (χ0) is 12.9. The Hall–Kier alpha value is -0.610. The third-order valence-corrected chi connectivity index (χ3v) is 4.91. The van der Waals surface area contributed by atoms with E-state index in [1.165, 1.54) is 26.0 Å². The van der Waals surface area contributed by atoms with Crippen LogP contribution in [0.1, 0.15) is 32.3 Å². The van der Waals surface area contributed by atoms with Gasteiger partial charge in [0.25, 0.3) is 9.05 Å². The van der Waals surface area contributed by atoms with Crippen LogP contribution in [0.3, 0.4) is 0 Å². The summed E-state index contributed by atoms with van der Waals surface area (Å²) < 4.78 is 36.7. The van der Waals surface area contributed by atoms with Gasteiger partial charge in [0.15, 0.2) is 0 Å². The monoisotopic (exact) mass is 276 g/mol. The molecule has 0 N–H and O–H groups in total. The normalized spacial score (nSPS) is 19.1. The molecular formula is C12H14ClFO2S. The highest BCUT2D eigenvalue weighted by molar-refractivity contribution is 8.13. The highest BCUT2D eigenvalue weighted by atomic mass is 35.7. The van der Waals surface area contributed by atoms with Crippen molar-refractivity contribution in [3.63, 3.8) is 0 Å². The molecule has 0 bridgehead atoms. The third-order valence-electron chi connectivity index (χ3n) is 3.56. The Morgan fingerprint density at radius 3 is 2.35 bits per heavy atom. The molecule has 17 heavy (non-hydrogen) atoms. The van der Waals surface area contributed by atoms with Crippen LogP contribution in [0.15, 0.2) is 29.2 Å². The van der Waals surface area contributed by atoms with Crippen LogP contribution in [-0.4, -0.2) is 14.1 Å². The minimum atomic E-state index is -3.75. The summed E-state index contributed by atoms with van der Waals surface area (Å²) in [6.07, 6.45) is 1.48. The Kier molecular flexibility index (Phi) is 2.79. The van der Waals surface area contributed by atoms with Crippen LogP contribution >= 0.6 is 10.7 Å². The third kappa shape index (κ3) is 2.20. The lowest BCUT2D eigenvalue weighted by molar-refractivity contribution is 0.156. The summed E-state index contributed by atoms with van der Waals surface area (Å²) in [5.41, 5.74) is -1.20. The average molecular weight is 277 g/mol. The summed E-state index contributed by atoms with van der Waals surface area (Å²) >= 11 is 0. The summed E-state index contributed by atoms with van der Waals surface area (Å²) in [4.78, 5) is 0.0344. The van der Waals surface area contributed by atoms with E-state index in [4.69, 9.17) is 10.7 Å². The fourth-order valence-corrected chi connectivity index (χ4v) is 3.09. The minimum absolute atomic E-state index is 0.0344. The second-order valence-electron chi connectivity index (χ2n) is 5.02. The molecule has 2 nitrogen and oxygen atoms in total. The van der Waals surface area contributed by atoms with Gasteiger partial charge in [-0.05, 0) is 44.4 Å². The van der Waals surface area contributed by atoms with Crippen molar-refractivity contribution in [3.8, 4) is 0 Å². The Bertz CT molecular complexity index is 542. The van der Waals surface area contributed by atoms with Crippen molar-refractivity contribution in [3.05, 3.63) is 29.8 Å². The van der Waals surface area contributed by atoms with Crippen LogP contribution in [-0.2, 0) is 14.5 Å². The largest absolute Gasteiger partial charge is 0.261 e. The van der Waals surface area contributed by atoms with E-state index in [0.717, 1.165) is 12.8 Å². The molecule has 0 unspecified atom stereocenters. The molecule has 0 atom stereocenters. The van der Waals surface area contributed by atoms with Gasteiger partial charge >= 0.3 is 0 Å². The van der Waals surface area contributed by atoms with E-state index >= 15 is 0 Å². The molecule has 0 radical (unpaired) electrons. The molecule has 1 saturated carbocycles. The molecule has 1 aromatic carbocycles. The molecule has 1 fully saturated rings. The van der Waals surface area contributed by atoms with Crippen molar-refractivity contribution < 1.29 is 12.8 Å². The lowest BCUT2D eigenvalue weighted by Crippen LogP contribution is -2.31. The van der Waals surface area contributed by atoms with Crippen LogP contribution in [0, 0.1) is 0 Å². The number of hydrogen-bond acceptors (Lipinski definition) is 2. The maximum absolute atomic E-state index is 14.2. The molecule has 0 saturated heterocycles. The number of alkyl halides is 1. The van der Waals surface area contributed by atoms with Crippen molar-refractivity contribution in [1.82, 2.24) is 0 Å². The smallest absolute Gasteiger partial charge is 0.244 e. The topological polar surface area (TPSA) is 34.1 Å². The Morgan fingerprint density at radius 1 is 1.35 bits per heavy atom. The highest BCUT2D eigenvalue weighted by Crippen LogP contribution is 2.57. The molecule has 94 valence electrons. The predicted octanol–water partition coefficient (Wildman–Crippen LogP) is 3.39. The fourth-order valence-electron chi connectivity index (χ4n) is 2.30. The van der Waals surface area contributed by atoms with Crippen molar-refractivity contribution in [2.24, 2.45) is 0 Å². The molecule has 0 amide bonds. The Labute approximate surface area is 105 Å². The van der Waals surface area contributed by atoms with Crippen LogP contribution in [0.2, 0.25) is 0 Å². The quantitative estimate of drug-likeness (QED) is 0.793. The van der Waals surface area contributed by atoms with Gasteiger partial charge in [-0.1, -0.05) is 12.1 Å². The van der Waals surface area contributed by atoms with E-state index < -0.39 is 20.1 Å². The molecule has 0 heterocycles. The zero-order valence-electron chi connectivity index (χ0n) is 9.70. The maximum atomic E-state index is 14.2. The van der Waals surface area contributed by atoms with Gasteiger partial charge in [0, 0.05) is 16.1 Å². The van der Waals surface area contributed by atoms with Crippen molar-refractivity contribution in [2.75, 3.05) is 0 Å². The van der Waals surface area contributed by atoms with Crippen molar-refractivity contribution >= 4 is 19.7 Å². The summed E-state index contributed by atoms with van der Waals surface area (Å²) in [6.45, 7) is 3.06. The van der Waals surface area contributed by atoms with Crippen LogP contribution < -0.4 is 0 Å². The van der Waals surface area contributed by atoms with Crippen LogP contribution in [0.25, 0.3) is 0 Å². The average Bonchev–Trinajstić information content (AvgIpc) is 2.96. The van der Waals surface area contributed by atoms with Gasteiger partial charge in [0.2, 0.25) is 0 Å². The van der Waals surface area contributed by atoms with E-state index in [-0.39, 0.29) is 4.90 Å². The van der Waals surface area contributed by atoms with E-state index in [0.29, 0.717) is 5.56 Å².